The van der Waals surface area contributed by atoms with E-state index in [1.807, 2.05) is 48.7 Å². The zero-order valence-corrected chi connectivity index (χ0v) is 11.4. The Labute approximate surface area is 122 Å². The molecular formula is C16H17N3O2. The number of nitrogens with two attached hydrogens (primary N) is 1. The second-order valence-electron chi connectivity index (χ2n) is 4.53. The van der Waals surface area contributed by atoms with Gasteiger partial charge in [-0.15, -0.1) is 0 Å². The van der Waals surface area contributed by atoms with Crippen molar-refractivity contribution in [3.05, 3.63) is 66.6 Å². The Balaban J connectivity index is 0.000000225. The van der Waals surface area contributed by atoms with Crippen LogP contribution in [0.15, 0.2) is 61.1 Å². The number of carbonyl (C=O) groups is 1. The maximum absolute atomic E-state index is 10.6. The number of para-hydroxylation sites is 1. The number of carboxylic acids is 1. The summed E-state index contributed by atoms with van der Waals surface area (Å²) in [5, 5.41) is 9.75. The van der Waals surface area contributed by atoms with Gasteiger partial charge in [-0.3, -0.25) is 9.78 Å². The minimum Gasteiger partial charge on any atom is -0.480 e. The highest BCUT2D eigenvalue weighted by Crippen LogP contribution is 2.18. The van der Waals surface area contributed by atoms with Crippen LogP contribution in [0.25, 0.3) is 10.9 Å². The van der Waals surface area contributed by atoms with Gasteiger partial charge < -0.3 is 15.8 Å². The number of hydrogen-bond donors (Lipinski definition) is 3. The Hall–Kier alpha value is -2.66. The van der Waals surface area contributed by atoms with Gasteiger partial charge in [-0.1, -0.05) is 24.3 Å². The second-order valence-corrected chi connectivity index (χ2v) is 4.53. The number of aliphatic carboxylic acids is 1. The predicted molar refractivity (Wildman–Crippen MR) is 81.9 cm³/mol. The predicted octanol–water partition coefficient (Wildman–Crippen LogP) is 2.20. The van der Waals surface area contributed by atoms with Gasteiger partial charge in [0.25, 0.3) is 0 Å². The summed E-state index contributed by atoms with van der Waals surface area (Å²) in [4.78, 5) is 17.5. The van der Waals surface area contributed by atoms with Crippen molar-refractivity contribution in [2.45, 2.75) is 12.5 Å². The van der Waals surface area contributed by atoms with Gasteiger partial charge in [0.15, 0.2) is 0 Å². The van der Waals surface area contributed by atoms with Gasteiger partial charge in [0, 0.05) is 35.9 Å². The van der Waals surface area contributed by atoms with E-state index in [1.54, 1.807) is 12.4 Å². The van der Waals surface area contributed by atoms with E-state index >= 15 is 0 Å². The highest BCUT2D eigenvalue weighted by atomic mass is 16.4. The number of aromatic amines is 1. The number of fused-ring (bicyclic) bond motifs is 1. The van der Waals surface area contributed by atoms with Crippen molar-refractivity contribution >= 4 is 16.9 Å². The fourth-order valence-electron chi connectivity index (χ4n) is 1.94. The Kier molecular flexibility index (Phi) is 5.06. The number of nitrogens with one attached hydrogen (secondary N) is 1. The van der Waals surface area contributed by atoms with Crippen LogP contribution in [-0.2, 0) is 11.2 Å². The first-order valence-corrected chi connectivity index (χ1v) is 6.57. The Bertz CT molecular complexity index is 668. The number of pyridine rings is 1. The lowest BCUT2D eigenvalue weighted by Crippen LogP contribution is -2.32. The number of H-pyrrole nitrogens is 1. The summed E-state index contributed by atoms with van der Waals surface area (Å²) in [6.45, 7) is 0. The number of rotatable bonds is 3. The zero-order valence-electron chi connectivity index (χ0n) is 11.4. The largest absolute Gasteiger partial charge is 0.480 e. The molecule has 1 unspecified atom stereocenters. The summed E-state index contributed by atoms with van der Waals surface area (Å²) in [5.74, 6) is -0.972. The fourth-order valence-corrected chi connectivity index (χ4v) is 1.94. The molecule has 21 heavy (non-hydrogen) atoms. The summed E-state index contributed by atoms with van der Waals surface area (Å²) in [6, 6.07) is 12.6. The van der Waals surface area contributed by atoms with Crippen LogP contribution in [0, 0.1) is 0 Å². The van der Waals surface area contributed by atoms with Gasteiger partial charge in [0.1, 0.15) is 6.04 Å². The van der Waals surface area contributed by atoms with E-state index in [0.29, 0.717) is 6.42 Å². The van der Waals surface area contributed by atoms with Crippen LogP contribution in [-0.4, -0.2) is 27.1 Å². The summed E-state index contributed by atoms with van der Waals surface area (Å²) >= 11 is 0. The van der Waals surface area contributed by atoms with Gasteiger partial charge in [-0.25, -0.2) is 0 Å². The number of nitrogens with zero attached hydrogens (tertiary/aromatic N) is 1. The third-order valence-electron chi connectivity index (χ3n) is 3.00. The third kappa shape index (κ3) is 4.15. The number of aromatic nitrogens is 2. The molecule has 4 N–H and O–H groups in total. The van der Waals surface area contributed by atoms with Crippen LogP contribution < -0.4 is 5.73 Å². The van der Waals surface area contributed by atoms with Gasteiger partial charge >= 0.3 is 5.97 Å². The van der Waals surface area contributed by atoms with Crippen LogP contribution in [0.1, 0.15) is 5.56 Å². The SMILES string of the molecule is NC(Cc1c[nH]c2ccccc12)C(=O)O.c1ccncc1. The average Bonchev–Trinajstić information content (AvgIpc) is 2.93. The quantitative estimate of drug-likeness (QED) is 0.687. The minimum absolute atomic E-state index is 0.347. The molecule has 0 bridgehead atoms. The molecule has 0 aliphatic carbocycles. The van der Waals surface area contributed by atoms with Crippen molar-refractivity contribution in [1.82, 2.24) is 9.97 Å². The lowest BCUT2D eigenvalue weighted by molar-refractivity contribution is -0.138. The van der Waals surface area contributed by atoms with Crippen LogP contribution in [0.4, 0.5) is 0 Å². The van der Waals surface area contributed by atoms with Crippen molar-refractivity contribution in [2.24, 2.45) is 5.73 Å². The smallest absolute Gasteiger partial charge is 0.320 e. The molecule has 108 valence electrons. The average molecular weight is 283 g/mol. The Morgan fingerprint density at radius 1 is 1.19 bits per heavy atom. The molecule has 2 aromatic heterocycles. The highest BCUT2D eigenvalue weighted by molar-refractivity contribution is 5.84. The van der Waals surface area contributed by atoms with E-state index in [2.05, 4.69) is 9.97 Å². The summed E-state index contributed by atoms with van der Waals surface area (Å²) in [5.41, 5.74) is 7.43. The molecule has 0 radical (unpaired) electrons. The normalized spacial score (nSPS) is 11.5. The summed E-state index contributed by atoms with van der Waals surface area (Å²) < 4.78 is 0. The molecule has 3 rings (SSSR count). The molecule has 0 aliphatic heterocycles. The Morgan fingerprint density at radius 2 is 1.90 bits per heavy atom. The third-order valence-corrected chi connectivity index (χ3v) is 3.00. The van der Waals surface area contributed by atoms with Gasteiger partial charge in [-0.2, -0.15) is 0 Å². The lowest BCUT2D eigenvalue weighted by atomic mass is 10.1. The molecule has 3 aromatic rings. The minimum atomic E-state index is -0.972. The summed E-state index contributed by atoms with van der Waals surface area (Å²) in [7, 11) is 0. The van der Waals surface area contributed by atoms with Crippen molar-refractivity contribution < 1.29 is 9.90 Å². The second kappa shape index (κ2) is 7.21. The van der Waals surface area contributed by atoms with Crippen molar-refractivity contribution in [3.63, 3.8) is 0 Å². The van der Waals surface area contributed by atoms with Gasteiger partial charge in [-0.05, 0) is 23.8 Å². The van der Waals surface area contributed by atoms with Crippen LogP contribution in [0.5, 0.6) is 0 Å². The molecular weight excluding hydrogens is 266 g/mol. The first-order valence-electron chi connectivity index (χ1n) is 6.57. The van der Waals surface area contributed by atoms with Gasteiger partial charge in [0.05, 0.1) is 0 Å². The first-order chi connectivity index (χ1) is 10.2. The summed E-state index contributed by atoms with van der Waals surface area (Å²) in [6.07, 6.45) is 5.66. The molecule has 1 aromatic carbocycles. The van der Waals surface area contributed by atoms with E-state index in [0.717, 1.165) is 16.5 Å². The van der Waals surface area contributed by atoms with E-state index in [1.165, 1.54) is 0 Å². The number of hydrogen-bond acceptors (Lipinski definition) is 3. The standard InChI is InChI=1S/C11H12N2O2.C5H5N/c12-9(11(14)15)5-7-6-13-10-4-2-1-3-8(7)10;1-2-4-6-5-3-1/h1-4,6,9,13H,5,12H2,(H,14,15);1-5H. The fraction of sp³-hybridized carbons (Fsp3) is 0.125. The van der Waals surface area contributed by atoms with E-state index < -0.39 is 12.0 Å². The van der Waals surface area contributed by atoms with Gasteiger partial charge in [0.2, 0.25) is 0 Å². The molecule has 0 aliphatic rings. The van der Waals surface area contributed by atoms with Crippen molar-refractivity contribution in [1.29, 1.82) is 0 Å². The number of benzene rings is 1. The van der Waals surface area contributed by atoms with E-state index in [-0.39, 0.29) is 0 Å². The van der Waals surface area contributed by atoms with Crippen molar-refractivity contribution in [3.8, 4) is 0 Å². The molecule has 0 saturated carbocycles. The molecule has 2 heterocycles. The van der Waals surface area contributed by atoms with Crippen LogP contribution >= 0.6 is 0 Å². The molecule has 5 heteroatoms. The van der Waals surface area contributed by atoms with E-state index in [4.69, 9.17) is 10.8 Å². The highest BCUT2D eigenvalue weighted by Gasteiger charge is 2.14. The molecule has 5 nitrogen and oxygen atoms in total. The van der Waals surface area contributed by atoms with Crippen LogP contribution in [0.2, 0.25) is 0 Å². The maximum atomic E-state index is 10.6. The monoisotopic (exact) mass is 283 g/mol. The molecule has 0 amide bonds. The molecule has 0 saturated heterocycles. The topological polar surface area (TPSA) is 92.0 Å². The zero-order chi connectivity index (χ0) is 15.1. The molecule has 0 spiro atoms. The molecule has 0 fully saturated rings. The van der Waals surface area contributed by atoms with Crippen molar-refractivity contribution in [2.75, 3.05) is 0 Å². The van der Waals surface area contributed by atoms with Crippen LogP contribution in [0.3, 0.4) is 0 Å². The molecule has 1 atom stereocenters. The Morgan fingerprint density at radius 3 is 2.48 bits per heavy atom. The maximum Gasteiger partial charge on any atom is 0.320 e. The van der Waals surface area contributed by atoms with E-state index in [9.17, 15) is 4.79 Å². The lowest BCUT2D eigenvalue weighted by Gasteiger charge is -2.04. The first kappa shape index (κ1) is 14.7. The number of carboxylic acid groups (broad SMARTS) is 1.